The first-order valence-corrected chi connectivity index (χ1v) is 11.3. The van der Waals surface area contributed by atoms with Crippen molar-refractivity contribution in [2.45, 2.75) is 90.1 Å². The van der Waals surface area contributed by atoms with Crippen molar-refractivity contribution in [2.24, 2.45) is 5.92 Å². The van der Waals surface area contributed by atoms with Gasteiger partial charge in [0.05, 0.1) is 6.04 Å². The van der Waals surface area contributed by atoms with Crippen molar-refractivity contribution in [1.82, 2.24) is 16.0 Å². The molecule has 0 saturated heterocycles. The molecule has 2 unspecified atom stereocenters. The van der Waals surface area contributed by atoms with Crippen LogP contribution in [0.5, 0.6) is 0 Å². The number of hydrogen-bond donors (Lipinski definition) is 4. The van der Waals surface area contributed by atoms with Gasteiger partial charge in [0, 0.05) is 6.04 Å². The number of carbonyl (C=O) groups is 3. The van der Waals surface area contributed by atoms with E-state index in [2.05, 4.69) is 16.0 Å². The standard InChI is InChI=1S/C24H37N3O5/c1-15(2)13-19(27-23(31)32-24(3,4)5)21(29)26-18(14-16-9-7-6-8-10-16)20(28)22(30)25-17-11-12-17/h6-10,15,17-20,28H,11-14H2,1-5H3,(H,25,30)(H,26,29)(H,27,31)/t18?,19-,20?/m0/s1. The van der Waals surface area contributed by atoms with Crippen molar-refractivity contribution in [3.8, 4) is 0 Å². The minimum absolute atomic E-state index is 0.0905. The molecule has 3 atom stereocenters. The quantitative estimate of drug-likeness (QED) is 0.439. The molecule has 0 bridgehead atoms. The van der Waals surface area contributed by atoms with E-state index < -0.39 is 41.7 Å². The average Bonchev–Trinajstić information content (AvgIpc) is 3.49. The van der Waals surface area contributed by atoms with Crippen LogP contribution in [0.4, 0.5) is 4.79 Å². The monoisotopic (exact) mass is 447 g/mol. The highest BCUT2D eigenvalue weighted by Crippen LogP contribution is 2.19. The lowest BCUT2D eigenvalue weighted by atomic mass is 9.98. The Morgan fingerprint density at radius 2 is 1.69 bits per heavy atom. The summed E-state index contributed by atoms with van der Waals surface area (Å²) in [7, 11) is 0. The van der Waals surface area contributed by atoms with Crippen LogP contribution < -0.4 is 16.0 Å². The number of nitrogens with one attached hydrogen (secondary N) is 3. The fraction of sp³-hybridized carbons (Fsp3) is 0.625. The summed E-state index contributed by atoms with van der Waals surface area (Å²) in [5.41, 5.74) is 0.173. The second-order valence-electron chi connectivity index (χ2n) is 9.86. The molecular weight excluding hydrogens is 410 g/mol. The van der Waals surface area contributed by atoms with Crippen LogP contribution in [0.1, 0.15) is 59.4 Å². The Morgan fingerprint density at radius 1 is 1.06 bits per heavy atom. The fourth-order valence-corrected chi connectivity index (χ4v) is 3.24. The Labute approximate surface area is 190 Å². The van der Waals surface area contributed by atoms with Crippen molar-refractivity contribution >= 4 is 17.9 Å². The third-order valence-electron chi connectivity index (χ3n) is 4.91. The van der Waals surface area contributed by atoms with Gasteiger partial charge in [0.1, 0.15) is 11.6 Å². The van der Waals surface area contributed by atoms with Gasteiger partial charge >= 0.3 is 6.09 Å². The zero-order valence-corrected chi connectivity index (χ0v) is 19.7. The van der Waals surface area contributed by atoms with E-state index in [1.807, 2.05) is 44.2 Å². The number of hydrogen-bond acceptors (Lipinski definition) is 5. The van der Waals surface area contributed by atoms with Gasteiger partial charge in [-0.2, -0.15) is 0 Å². The van der Waals surface area contributed by atoms with Crippen LogP contribution in [0.15, 0.2) is 30.3 Å². The van der Waals surface area contributed by atoms with Crippen molar-refractivity contribution in [3.63, 3.8) is 0 Å². The maximum Gasteiger partial charge on any atom is 0.408 e. The van der Waals surface area contributed by atoms with E-state index in [9.17, 15) is 19.5 Å². The Balaban J connectivity index is 2.13. The predicted molar refractivity (Wildman–Crippen MR) is 122 cm³/mol. The number of benzene rings is 1. The fourth-order valence-electron chi connectivity index (χ4n) is 3.24. The average molecular weight is 448 g/mol. The molecule has 1 aromatic carbocycles. The molecule has 2 rings (SSSR count). The first-order chi connectivity index (χ1) is 14.9. The Bertz CT molecular complexity index is 772. The van der Waals surface area contributed by atoms with Crippen molar-refractivity contribution in [1.29, 1.82) is 0 Å². The van der Waals surface area contributed by atoms with Crippen LogP contribution in [0.3, 0.4) is 0 Å². The van der Waals surface area contributed by atoms with Gasteiger partial charge in [-0.3, -0.25) is 9.59 Å². The molecule has 0 aromatic heterocycles. The number of alkyl carbamates (subject to hydrolysis) is 1. The molecule has 0 heterocycles. The molecule has 32 heavy (non-hydrogen) atoms. The molecule has 178 valence electrons. The summed E-state index contributed by atoms with van der Waals surface area (Å²) in [5, 5.41) is 18.9. The predicted octanol–water partition coefficient (Wildman–Crippen LogP) is 2.29. The molecule has 0 radical (unpaired) electrons. The number of rotatable bonds is 10. The summed E-state index contributed by atoms with van der Waals surface area (Å²) >= 11 is 0. The zero-order valence-electron chi connectivity index (χ0n) is 19.7. The van der Waals surface area contributed by atoms with Gasteiger partial charge in [-0.15, -0.1) is 0 Å². The minimum atomic E-state index is -1.42. The van der Waals surface area contributed by atoms with Gasteiger partial charge in [0.25, 0.3) is 5.91 Å². The minimum Gasteiger partial charge on any atom is -0.444 e. The highest BCUT2D eigenvalue weighted by molar-refractivity contribution is 5.87. The third kappa shape index (κ3) is 9.26. The number of aliphatic hydroxyl groups excluding tert-OH is 1. The summed E-state index contributed by atoms with van der Waals surface area (Å²) < 4.78 is 5.29. The molecular formula is C24H37N3O5. The Morgan fingerprint density at radius 3 is 2.22 bits per heavy atom. The molecule has 3 amide bonds. The molecule has 1 aromatic rings. The van der Waals surface area contributed by atoms with Crippen LogP contribution in [-0.4, -0.2) is 52.8 Å². The third-order valence-corrected chi connectivity index (χ3v) is 4.91. The lowest BCUT2D eigenvalue weighted by Gasteiger charge is -2.28. The second-order valence-corrected chi connectivity index (χ2v) is 9.86. The van der Waals surface area contributed by atoms with E-state index in [-0.39, 0.29) is 18.4 Å². The molecule has 4 N–H and O–H groups in total. The van der Waals surface area contributed by atoms with Crippen LogP contribution in [0.2, 0.25) is 0 Å². The zero-order chi connectivity index (χ0) is 23.9. The molecule has 8 heteroatoms. The van der Waals surface area contributed by atoms with Crippen LogP contribution >= 0.6 is 0 Å². The number of ether oxygens (including phenoxy) is 1. The summed E-state index contributed by atoms with van der Waals surface area (Å²) in [6.07, 6.45) is 0.334. The first kappa shape index (κ1) is 25.6. The van der Waals surface area contributed by atoms with Crippen molar-refractivity contribution < 1.29 is 24.2 Å². The molecule has 0 spiro atoms. The molecule has 1 fully saturated rings. The Kier molecular flexibility index (Phi) is 9.07. The maximum atomic E-state index is 13.1. The number of carbonyl (C=O) groups excluding carboxylic acids is 3. The summed E-state index contributed by atoms with van der Waals surface area (Å²) in [6, 6.07) is 7.71. The topological polar surface area (TPSA) is 117 Å². The van der Waals surface area contributed by atoms with Gasteiger partial charge in [0.2, 0.25) is 5.91 Å². The summed E-state index contributed by atoms with van der Waals surface area (Å²) in [5.74, 6) is -0.852. The summed E-state index contributed by atoms with van der Waals surface area (Å²) in [4.78, 5) is 37.9. The molecule has 0 aliphatic heterocycles. The normalized spacial score (nSPS) is 16.6. The highest BCUT2D eigenvalue weighted by atomic mass is 16.6. The van der Waals surface area contributed by atoms with E-state index in [1.165, 1.54) is 0 Å². The van der Waals surface area contributed by atoms with E-state index in [4.69, 9.17) is 4.74 Å². The Hall–Kier alpha value is -2.61. The van der Waals surface area contributed by atoms with Crippen molar-refractivity contribution in [3.05, 3.63) is 35.9 Å². The second kappa shape index (κ2) is 11.3. The van der Waals surface area contributed by atoms with Gasteiger partial charge in [-0.1, -0.05) is 44.2 Å². The molecule has 1 aliphatic rings. The molecule has 1 saturated carbocycles. The van der Waals surface area contributed by atoms with E-state index in [0.717, 1.165) is 18.4 Å². The summed E-state index contributed by atoms with van der Waals surface area (Å²) in [6.45, 7) is 9.12. The van der Waals surface area contributed by atoms with Crippen LogP contribution in [-0.2, 0) is 20.7 Å². The SMILES string of the molecule is CC(C)C[C@H](NC(=O)OC(C)(C)C)C(=O)NC(Cc1ccccc1)C(O)C(=O)NC1CC1. The van der Waals surface area contributed by atoms with Crippen LogP contribution in [0.25, 0.3) is 0 Å². The lowest BCUT2D eigenvalue weighted by Crippen LogP contribution is -2.57. The van der Waals surface area contributed by atoms with E-state index in [1.54, 1.807) is 20.8 Å². The molecule has 8 nitrogen and oxygen atoms in total. The highest BCUT2D eigenvalue weighted by Gasteiger charge is 2.34. The van der Waals surface area contributed by atoms with Gasteiger partial charge < -0.3 is 25.8 Å². The largest absolute Gasteiger partial charge is 0.444 e. The van der Waals surface area contributed by atoms with Gasteiger partial charge in [-0.05, 0) is 57.9 Å². The van der Waals surface area contributed by atoms with E-state index in [0.29, 0.717) is 6.42 Å². The number of amides is 3. The maximum absolute atomic E-state index is 13.1. The van der Waals surface area contributed by atoms with Gasteiger partial charge in [0.15, 0.2) is 6.10 Å². The van der Waals surface area contributed by atoms with Crippen LogP contribution in [0, 0.1) is 5.92 Å². The van der Waals surface area contributed by atoms with E-state index >= 15 is 0 Å². The number of aliphatic hydroxyl groups is 1. The van der Waals surface area contributed by atoms with Crippen molar-refractivity contribution in [2.75, 3.05) is 0 Å². The lowest BCUT2D eigenvalue weighted by molar-refractivity contribution is -0.132. The first-order valence-electron chi connectivity index (χ1n) is 11.3. The smallest absolute Gasteiger partial charge is 0.408 e. The van der Waals surface area contributed by atoms with Gasteiger partial charge in [-0.25, -0.2) is 4.79 Å². The molecule has 1 aliphatic carbocycles.